The Hall–Kier alpha value is -1.55. The number of hydrogen-bond acceptors (Lipinski definition) is 3. The van der Waals surface area contributed by atoms with Gasteiger partial charge in [-0.3, -0.25) is 0 Å². The van der Waals surface area contributed by atoms with E-state index in [1.54, 1.807) is 7.05 Å². The molecule has 0 radical (unpaired) electrons. The molecule has 1 amide bonds. The summed E-state index contributed by atoms with van der Waals surface area (Å²) in [6, 6.07) is 7.88. The quantitative estimate of drug-likeness (QED) is 0.842. The van der Waals surface area contributed by atoms with Crippen molar-refractivity contribution in [1.82, 2.24) is 4.90 Å². The van der Waals surface area contributed by atoms with Gasteiger partial charge in [-0.25, -0.2) is 4.79 Å². The Bertz CT molecular complexity index is 352. The van der Waals surface area contributed by atoms with Crippen LogP contribution in [0.15, 0.2) is 24.3 Å². The second-order valence-corrected chi connectivity index (χ2v) is 3.62. The average Bonchev–Trinajstić information content (AvgIpc) is 2.28. The zero-order valence-corrected chi connectivity index (χ0v) is 9.64. The van der Waals surface area contributed by atoms with Crippen LogP contribution in [0.25, 0.3) is 0 Å². The summed E-state index contributed by atoms with van der Waals surface area (Å²) in [5.41, 5.74) is 2.23. The first-order chi connectivity index (χ1) is 7.65. The number of amides is 1. The average molecular weight is 223 g/mol. The van der Waals surface area contributed by atoms with E-state index in [1.807, 2.05) is 31.2 Å². The monoisotopic (exact) mass is 223 g/mol. The van der Waals surface area contributed by atoms with Gasteiger partial charge in [0.2, 0.25) is 0 Å². The Labute approximate surface area is 95.5 Å². The normalized spacial score (nSPS) is 9.94. The van der Waals surface area contributed by atoms with Gasteiger partial charge in [0.1, 0.15) is 6.61 Å². The number of carbonyl (C=O) groups excluding carboxylic acids is 1. The fourth-order valence-electron chi connectivity index (χ4n) is 1.35. The van der Waals surface area contributed by atoms with Crippen LogP contribution < -0.4 is 0 Å². The molecule has 0 heterocycles. The summed E-state index contributed by atoms with van der Waals surface area (Å²) >= 11 is 0. The number of rotatable bonds is 4. The van der Waals surface area contributed by atoms with Crippen molar-refractivity contribution in [3.8, 4) is 0 Å². The minimum atomic E-state index is -0.419. The fourth-order valence-corrected chi connectivity index (χ4v) is 1.35. The fraction of sp³-hybridized carbons (Fsp3) is 0.417. The number of aryl methyl sites for hydroxylation is 1. The predicted molar refractivity (Wildman–Crippen MR) is 61.1 cm³/mol. The first kappa shape index (κ1) is 12.5. The highest BCUT2D eigenvalue weighted by Gasteiger charge is 2.10. The van der Waals surface area contributed by atoms with Crippen molar-refractivity contribution in [2.75, 3.05) is 20.3 Å². The molecule has 88 valence electrons. The lowest BCUT2D eigenvalue weighted by Crippen LogP contribution is -2.28. The first-order valence-corrected chi connectivity index (χ1v) is 5.18. The van der Waals surface area contributed by atoms with Crippen molar-refractivity contribution in [1.29, 1.82) is 0 Å². The highest BCUT2D eigenvalue weighted by molar-refractivity contribution is 5.67. The molecule has 0 unspecified atom stereocenters. The van der Waals surface area contributed by atoms with Crippen LogP contribution in [0.1, 0.15) is 11.1 Å². The summed E-state index contributed by atoms with van der Waals surface area (Å²) in [5.74, 6) is 0. The second kappa shape index (κ2) is 6.12. The van der Waals surface area contributed by atoms with Crippen LogP contribution in [-0.2, 0) is 11.3 Å². The molecule has 1 N–H and O–H groups in total. The summed E-state index contributed by atoms with van der Waals surface area (Å²) in [4.78, 5) is 12.9. The summed E-state index contributed by atoms with van der Waals surface area (Å²) < 4.78 is 4.80. The van der Waals surface area contributed by atoms with E-state index in [9.17, 15) is 4.79 Å². The number of nitrogens with zero attached hydrogens (tertiary/aromatic N) is 1. The third-order valence-electron chi connectivity index (χ3n) is 2.30. The highest BCUT2D eigenvalue weighted by Crippen LogP contribution is 2.09. The van der Waals surface area contributed by atoms with Gasteiger partial charge in [-0.05, 0) is 18.1 Å². The van der Waals surface area contributed by atoms with Crippen LogP contribution in [0.5, 0.6) is 0 Å². The molecule has 0 aliphatic heterocycles. The Balaban J connectivity index is 2.54. The maximum atomic E-state index is 11.4. The van der Waals surface area contributed by atoms with Crippen molar-refractivity contribution < 1.29 is 14.6 Å². The molecule has 0 spiro atoms. The molecular formula is C12H17NO3. The van der Waals surface area contributed by atoms with Gasteiger partial charge in [0.15, 0.2) is 0 Å². The highest BCUT2D eigenvalue weighted by atomic mass is 16.6. The van der Waals surface area contributed by atoms with Crippen molar-refractivity contribution in [3.63, 3.8) is 0 Å². The lowest BCUT2D eigenvalue weighted by Gasteiger charge is -2.17. The van der Waals surface area contributed by atoms with Crippen molar-refractivity contribution >= 4 is 6.09 Å². The minimum absolute atomic E-state index is 0.0386. The van der Waals surface area contributed by atoms with Gasteiger partial charge in [-0.2, -0.15) is 0 Å². The van der Waals surface area contributed by atoms with Gasteiger partial charge in [-0.15, -0.1) is 0 Å². The van der Waals surface area contributed by atoms with Gasteiger partial charge in [0.05, 0.1) is 6.61 Å². The molecule has 0 aromatic heterocycles. The van der Waals surface area contributed by atoms with E-state index in [1.165, 1.54) is 4.90 Å². The van der Waals surface area contributed by atoms with E-state index >= 15 is 0 Å². The molecule has 0 aliphatic carbocycles. The van der Waals surface area contributed by atoms with E-state index in [-0.39, 0.29) is 13.2 Å². The SMILES string of the molecule is Cc1ccccc1CN(C)C(=O)OCCO. The molecule has 1 aromatic rings. The molecule has 4 nitrogen and oxygen atoms in total. The maximum Gasteiger partial charge on any atom is 0.409 e. The third kappa shape index (κ3) is 3.55. The number of benzene rings is 1. The zero-order chi connectivity index (χ0) is 12.0. The number of aliphatic hydroxyl groups is 1. The van der Waals surface area contributed by atoms with E-state index in [0.29, 0.717) is 6.54 Å². The van der Waals surface area contributed by atoms with Crippen LogP contribution in [0.4, 0.5) is 4.79 Å². The predicted octanol–water partition coefficient (Wildman–Crippen LogP) is 1.56. The number of aliphatic hydroxyl groups excluding tert-OH is 1. The van der Waals surface area contributed by atoms with Crippen LogP contribution in [0, 0.1) is 6.92 Å². The zero-order valence-electron chi connectivity index (χ0n) is 9.64. The molecule has 1 aromatic carbocycles. The van der Waals surface area contributed by atoms with E-state index < -0.39 is 6.09 Å². The van der Waals surface area contributed by atoms with Gasteiger partial charge < -0.3 is 14.7 Å². The van der Waals surface area contributed by atoms with E-state index in [4.69, 9.17) is 9.84 Å². The van der Waals surface area contributed by atoms with Crippen LogP contribution in [0.3, 0.4) is 0 Å². The first-order valence-electron chi connectivity index (χ1n) is 5.18. The number of carbonyl (C=O) groups is 1. The molecule has 0 aliphatic rings. The Morgan fingerprint density at radius 3 is 2.75 bits per heavy atom. The number of hydrogen-bond donors (Lipinski definition) is 1. The smallest absolute Gasteiger partial charge is 0.409 e. The maximum absolute atomic E-state index is 11.4. The largest absolute Gasteiger partial charge is 0.447 e. The summed E-state index contributed by atoms with van der Waals surface area (Å²) in [7, 11) is 1.67. The molecule has 0 saturated carbocycles. The number of ether oxygens (including phenoxy) is 1. The van der Waals surface area contributed by atoms with Crippen molar-refractivity contribution in [2.24, 2.45) is 0 Å². The minimum Gasteiger partial charge on any atom is -0.447 e. The Morgan fingerprint density at radius 1 is 1.44 bits per heavy atom. The molecule has 0 saturated heterocycles. The second-order valence-electron chi connectivity index (χ2n) is 3.62. The van der Waals surface area contributed by atoms with Crippen molar-refractivity contribution in [3.05, 3.63) is 35.4 Å². The lowest BCUT2D eigenvalue weighted by molar-refractivity contribution is 0.0893. The Kier molecular flexibility index (Phi) is 4.79. The van der Waals surface area contributed by atoms with Gasteiger partial charge in [0.25, 0.3) is 0 Å². The lowest BCUT2D eigenvalue weighted by atomic mass is 10.1. The van der Waals surface area contributed by atoms with Gasteiger partial charge >= 0.3 is 6.09 Å². The summed E-state index contributed by atoms with van der Waals surface area (Å²) in [6.45, 7) is 2.40. The van der Waals surface area contributed by atoms with E-state index in [0.717, 1.165) is 11.1 Å². The van der Waals surface area contributed by atoms with Crippen LogP contribution in [0.2, 0.25) is 0 Å². The molecule has 16 heavy (non-hydrogen) atoms. The van der Waals surface area contributed by atoms with Crippen LogP contribution in [-0.4, -0.2) is 36.4 Å². The molecule has 0 bridgehead atoms. The molecule has 0 fully saturated rings. The Morgan fingerprint density at radius 2 is 2.12 bits per heavy atom. The van der Waals surface area contributed by atoms with Gasteiger partial charge in [0, 0.05) is 13.6 Å². The van der Waals surface area contributed by atoms with E-state index in [2.05, 4.69) is 0 Å². The molecular weight excluding hydrogens is 206 g/mol. The van der Waals surface area contributed by atoms with Crippen molar-refractivity contribution in [2.45, 2.75) is 13.5 Å². The summed E-state index contributed by atoms with van der Waals surface area (Å²) in [6.07, 6.45) is -0.419. The summed E-state index contributed by atoms with van der Waals surface area (Å²) in [5, 5.41) is 8.54. The van der Waals surface area contributed by atoms with Crippen LogP contribution >= 0.6 is 0 Å². The topological polar surface area (TPSA) is 49.8 Å². The third-order valence-corrected chi connectivity index (χ3v) is 2.30. The van der Waals surface area contributed by atoms with Gasteiger partial charge in [-0.1, -0.05) is 24.3 Å². The standard InChI is InChI=1S/C12H17NO3/c1-10-5-3-4-6-11(10)9-13(2)12(15)16-8-7-14/h3-6,14H,7-9H2,1-2H3. The molecule has 4 heteroatoms. The molecule has 1 rings (SSSR count). The molecule has 0 atom stereocenters.